The number of carbonyl (C=O) groups is 2. The van der Waals surface area contributed by atoms with Crippen LogP contribution in [0.15, 0.2) is 35.9 Å². The fraction of sp³-hybridized carbons (Fsp3) is 0.318. The van der Waals surface area contributed by atoms with Crippen molar-refractivity contribution >= 4 is 17.8 Å². The van der Waals surface area contributed by atoms with Crippen LogP contribution in [0.2, 0.25) is 0 Å². The Bertz CT molecular complexity index is 992. The van der Waals surface area contributed by atoms with Gasteiger partial charge in [-0.25, -0.2) is 9.18 Å². The normalized spacial score (nSPS) is 15.0. The SMILES string of the molecule is Cc1cc(/C=C(\C#N)C(=O)O[C@H](C)C(=O)c2ccc(F)cc2)c(C)n1C1CC1. The number of esters is 1. The summed E-state index contributed by atoms with van der Waals surface area (Å²) in [5, 5.41) is 9.39. The highest BCUT2D eigenvalue weighted by atomic mass is 19.1. The molecule has 144 valence electrons. The number of nitriles is 1. The van der Waals surface area contributed by atoms with E-state index in [1.54, 1.807) is 0 Å². The molecule has 1 heterocycles. The third kappa shape index (κ3) is 4.04. The molecular weight excluding hydrogens is 359 g/mol. The Labute approximate surface area is 163 Å². The van der Waals surface area contributed by atoms with Gasteiger partial charge in [0.1, 0.15) is 17.5 Å². The number of hydrogen-bond donors (Lipinski definition) is 0. The molecule has 1 aromatic carbocycles. The van der Waals surface area contributed by atoms with Gasteiger partial charge in [0.25, 0.3) is 0 Å². The zero-order valence-electron chi connectivity index (χ0n) is 16.0. The average Bonchev–Trinajstić information content (AvgIpc) is 3.45. The number of aryl methyl sites for hydroxylation is 1. The molecule has 0 N–H and O–H groups in total. The van der Waals surface area contributed by atoms with Crippen LogP contribution in [0.25, 0.3) is 6.08 Å². The standard InChI is InChI=1S/C22H21FN2O3/c1-13-10-17(14(2)25(13)20-8-9-20)11-18(12-24)22(27)28-15(3)21(26)16-4-6-19(23)7-5-16/h4-7,10-11,15,20H,8-9H2,1-3H3/b18-11+/t15-/m1/s1. The lowest BCUT2D eigenvalue weighted by atomic mass is 10.1. The Kier molecular flexibility index (Phi) is 5.46. The molecule has 6 heteroatoms. The molecule has 3 rings (SSSR count). The Morgan fingerprint density at radius 1 is 1.29 bits per heavy atom. The van der Waals surface area contributed by atoms with E-state index in [4.69, 9.17) is 4.74 Å². The number of halogens is 1. The van der Waals surface area contributed by atoms with Crippen LogP contribution in [0.3, 0.4) is 0 Å². The molecular formula is C22H21FN2O3. The minimum Gasteiger partial charge on any atom is -0.450 e. The van der Waals surface area contributed by atoms with Crippen molar-refractivity contribution in [3.8, 4) is 6.07 Å². The molecule has 0 bridgehead atoms. The third-order valence-corrected chi connectivity index (χ3v) is 4.86. The molecule has 1 aliphatic carbocycles. The number of rotatable bonds is 6. The molecule has 2 aromatic rings. The monoisotopic (exact) mass is 380 g/mol. The summed E-state index contributed by atoms with van der Waals surface area (Å²) in [7, 11) is 0. The molecule has 0 spiro atoms. The molecule has 0 aliphatic heterocycles. The second kappa shape index (κ2) is 7.81. The van der Waals surface area contributed by atoms with Crippen LogP contribution in [-0.4, -0.2) is 22.4 Å². The van der Waals surface area contributed by atoms with Crippen LogP contribution < -0.4 is 0 Å². The van der Waals surface area contributed by atoms with Crippen LogP contribution in [0, 0.1) is 31.0 Å². The van der Waals surface area contributed by atoms with Crippen molar-refractivity contribution in [3.05, 3.63) is 64.2 Å². The average molecular weight is 380 g/mol. The van der Waals surface area contributed by atoms with Gasteiger partial charge in [0, 0.05) is 23.0 Å². The molecule has 0 radical (unpaired) electrons. The van der Waals surface area contributed by atoms with Crippen LogP contribution in [0.5, 0.6) is 0 Å². The highest BCUT2D eigenvalue weighted by Gasteiger charge is 2.27. The molecule has 0 unspecified atom stereocenters. The first-order chi connectivity index (χ1) is 13.3. The molecule has 5 nitrogen and oxygen atoms in total. The third-order valence-electron chi connectivity index (χ3n) is 4.86. The number of carbonyl (C=O) groups excluding carboxylic acids is 2. The first-order valence-corrected chi connectivity index (χ1v) is 9.12. The molecule has 1 fully saturated rings. The molecule has 1 aromatic heterocycles. The van der Waals surface area contributed by atoms with Gasteiger partial charge in [0.05, 0.1) is 0 Å². The van der Waals surface area contributed by atoms with E-state index in [2.05, 4.69) is 4.57 Å². The summed E-state index contributed by atoms with van der Waals surface area (Å²) >= 11 is 0. The molecule has 1 saturated carbocycles. The van der Waals surface area contributed by atoms with E-state index in [1.165, 1.54) is 25.1 Å². The first-order valence-electron chi connectivity index (χ1n) is 9.12. The predicted octanol–water partition coefficient (Wildman–Crippen LogP) is 4.30. The number of aromatic nitrogens is 1. The second-order valence-corrected chi connectivity index (χ2v) is 7.02. The molecule has 0 saturated heterocycles. The maximum atomic E-state index is 13.0. The highest BCUT2D eigenvalue weighted by molar-refractivity contribution is 6.03. The van der Waals surface area contributed by atoms with Crippen LogP contribution in [-0.2, 0) is 9.53 Å². The van der Waals surface area contributed by atoms with E-state index in [0.29, 0.717) is 6.04 Å². The van der Waals surface area contributed by atoms with Gasteiger partial charge < -0.3 is 9.30 Å². The van der Waals surface area contributed by atoms with E-state index >= 15 is 0 Å². The minimum atomic E-state index is -1.09. The van der Waals surface area contributed by atoms with Crippen molar-refractivity contribution in [2.75, 3.05) is 0 Å². The molecule has 1 atom stereocenters. The van der Waals surface area contributed by atoms with E-state index in [-0.39, 0.29) is 11.1 Å². The Balaban J connectivity index is 1.75. The maximum Gasteiger partial charge on any atom is 0.349 e. The van der Waals surface area contributed by atoms with Crippen LogP contribution >= 0.6 is 0 Å². The van der Waals surface area contributed by atoms with Gasteiger partial charge >= 0.3 is 5.97 Å². The van der Waals surface area contributed by atoms with Crippen molar-refractivity contribution in [1.82, 2.24) is 4.57 Å². The predicted molar refractivity (Wildman–Crippen MR) is 102 cm³/mol. The summed E-state index contributed by atoms with van der Waals surface area (Å²) in [4.78, 5) is 24.7. The number of hydrogen-bond acceptors (Lipinski definition) is 4. The minimum absolute atomic E-state index is 0.171. The summed E-state index contributed by atoms with van der Waals surface area (Å²) in [5.41, 5.74) is 2.93. The highest BCUT2D eigenvalue weighted by Crippen LogP contribution is 2.38. The number of ketones is 1. The quantitative estimate of drug-likeness (QED) is 0.324. The number of nitrogens with zero attached hydrogens (tertiary/aromatic N) is 2. The summed E-state index contributed by atoms with van der Waals surface area (Å²) in [6.45, 7) is 5.38. The lowest BCUT2D eigenvalue weighted by molar-refractivity contribution is -0.141. The smallest absolute Gasteiger partial charge is 0.349 e. The number of ether oxygens (including phenoxy) is 1. The Hall–Kier alpha value is -3.20. The van der Waals surface area contributed by atoms with Crippen molar-refractivity contribution in [2.24, 2.45) is 0 Å². The van der Waals surface area contributed by atoms with Gasteiger partial charge in [0.15, 0.2) is 6.10 Å². The van der Waals surface area contributed by atoms with Gasteiger partial charge in [-0.1, -0.05) is 0 Å². The van der Waals surface area contributed by atoms with Crippen LogP contribution in [0.4, 0.5) is 4.39 Å². The fourth-order valence-electron chi connectivity index (χ4n) is 3.26. The Morgan fingerprint density at radius 3 is 2.50 bits per heavy atom. The fourth-order valence-corrected chi connectivity index (χ4v) is 3.26. The maximum absolute atomic E-state index is 13.0. The van der Waals surface area contributed by atoms with Crippen molar-refractivity contribution < 1.29 is 18.7 Å². The van der Waals surface area contributed by atoms with E-state index in [1.807, 2.05) is 26.0 Å². The van der Waals surface area contributed by atoms with Gasteiger partial charge in [-0.2, -0.15) is 5.26 Å². The number of benzene rings is 1. The zero-order chi connectivity index (χ0) is 20.4. The van der Waals surface area contributed by atoms with Crippen molar-refractivity contribution in [1.29, 1.82) is 5.26 Å². The molecule has 28 heavy (non-hydrogen) atoms. The molecule has 0 amide bonds. The molecule has 1 aliphatic rings. The lowest BCUT2D eigenvalue weighted by Gasteiger charge is -2.12. The topological polar surface area (TPSA) is 72.1 Å². The van der Waals surface area contributed by atoms with Gasteiger partial charge in [-0.15, -0.1) is 0 Å². The first kappa shape index (κ1) is 19.6. The summed E-state index contributed by atoms with van der Waals surface area (Å²) in [5.74, 6) is -1.78. The summed E-state index contributed by atoms with van der Waals surface area (Å²) < 4.78 is 20.4. The van der Waals surface area contributed by atoms with E-state index in [0.717, 1.165) is 41.9 Å². The van der Waals surface area contributed by atoms with Gasteiger partial charge in [-0.05, 0) is 75.6 Å². The van der Waals surface area contributed by atoms with Gasteiger partial charge in [0.2, 0.25) is 5.78 Å². The summed E-state index contributed by atoms with van der Waals surface area (Å²) in [6.07, 6.45) is 2.68. The van der Waals surface area contributed by atoms with Crippen LogP contribution in [0.1, 0.15) is 53.1 Å². The van der Waals surface area contributed by atoms with E-state index < -0.39 is 23.7 Å². The lowest BCUT2D eigenvalue weighted by Crippen LogP contribution is -2.25. The summed E-state index contributed by atoms with van der Waals surface area (Å²) in [6, 6.07) is 9.28. The second-order valence-electron chi connectivity index (χ2n) is 7.02. The van der Waals surface area contributed by atoms with Crippen molar-refractivity contribution in [2.45, 2.75) is 45.8 Å². The van der Waals surface area contributed by atoms with Crippen molar-refractivity contribution in [3.63, 3.8) is 0 Å². The number of Topliss-reactive ketones (excluding diaryl/α,β-unsaturated/α-hetero) is 1. The largest absolute Gasteiger partial charge is 0.450 e. The van der Waals surface area contributed by atoms with Gasteiger partial charge in [-0.3, -0.25) is 4.79 Å². The van der Waals surface area contributed by atoms with E-state index in [9.17, 15) is 19.2 Å². The zero-order valence-corrected chi connectivity index (χ0v) is 16.0. The Morgan fingerprint density at radius 2 is 1.93 bits per heavy atom.